The normalized spacial score (nSPS) is 26.5. The predicted molar refractivity (Wildman–Crippen MR) is 137 cm³/mol. The molecule has 1 aromatic heterocycles. The van der Waals surface area contributed by atoms with E-state index in [2.05, 4.69) is 58.5 Å². The van der Waals surface area contributed by atoms with Crippen molar-refractivity contribution in [2.75, 3.05) is 39.0 Å². The van der Waals surface area contributed by atoms with Crippen LogP contribution in [0.4, 0.5) is 15.0 Å². The Labute approximate surface area is 212 Å². The molecule has 2 saturated carbocycles. The number of pyridine rings is 1. The number of nitrogens with zero attached hydrogens (tertiary/aromatic N) is 4. The summed E-state index contributed by atoms with van der Waals surface area (Å²) in [4.78, 5) is 36.4. The summed E-state index contributed by atoms with van der Waals surface area (Å²) in [6, 6.07) is 13.3. The van der Waals surface area contributed by atoms with Gasteiger partial charge in [-0.2, -0.15) is 0 Å². The second-order valence-corrected chi connectivity index (χ2v) is 10.9. The molecule has 0 bridgehead atoms. The number of carbonyl (C=O) groups excluding carboxylic acids is 2. The average Bonchev–Trinajstić information content (AvgIpc) is 3.08. The number of rotatable bonds is 7. The Morgan fingerprint density at radius 2 is 1.83 bits per heavy atom. The van der Waals surface area contributed by atoms with Crippen LogP contribution in [-0.4, -0.2) is 70.9 Å². The van der Waals surface area contributed by atoms with Crippen LogP contribution in [0.3, 0.4) is 0 Å². The summed E-state index contributed by atoms with van der Waals surface area (Å²) >= 11 is 0. The molecule has 2 heterocycles. The molecule has 0 radical (unpaired) electrons. The Morgan fingerprint density at radius 3 is 2.44 bits per heavy atom. The van der Waals surface area contributed by atoms with Gasteiger partial charge in [-0.25, -0.2) is 14.2 Å². The standard InChI is InChI=1S/C28H36FN5O2/c1-32(2)28(22-10-4-3-5-11-22)15-13-27(14-16-28)20-33(26(36)34(27)18-21-8-6-9-21)19-24(35)31-25-23(29)12-7-17-30-25/h3-5,7,10-12,17,21H,6,8-9,13-16,18-20H2,1-2H3,(H,30,31,35)/t27-,28+. The lowest BCUT2D eigenvalue weighted by atomic mass is 9.68. The first kappa shape index (κ1) is 24.7. The molecule has 2 aliphatic carbocycles. The molecule has 2 aromatic rings. The van der Waals surface area contributed by atoms with Gasteiger partial charge in [0.2, 0.25) is 5.91 Å². The zero-order chi connectivity index (χ0) is 25.3. The predicted octanol–water partition coefficient (Wildman–Crippen LogP) is 4.47. The van der Waals surface area contributed by atoms with Crippen LogP contribution in [0.1, 0.15) is 50.5 Å². The third-order valence-corrected chi connectivity index (χ3v) is 8.75. The van der Waals surface area contributed by atoms with Gasteiger partial charge < -0.3 is 15.1 Å². The number of hydrogen-bond donors (Lipinski definition) is 1. The summed E-state index contributed by atoms with van der Waals surface area (Å²) in [7, 11) is 4.29. The summed E-state index contributed by atoms with van der Waals surface area (Å²) in [6.07, 6.45) is 8.61. The van der Waals surface area contributed by atoms with E-state index in [0.29, 0.717) is 12.5 Å². The molecule has 1 N–H and O–H groups in total. The molecule has 7 nitrogen and oxygen atoms in total. The zero-order valence-corrected chi connectivity index (χ0v) is 21.3. The van der Waals surface area contributed by atoms with Crippen molar-refractivity contribution >= 4 is 17.8 Å². The number of benzene rings is 1. The third-order valence-electron chi connectivity index (χ3n) is 8.75. The molecule has 36 heavy (non-hydrogen) atoms. The fourth-order valence-electron chi connectivity index (χ4n) is 6.33. The molecule has 3 aliphatic rings. The Bertz CT molecular complexity index is 1100. The second kappa shape index (κ2) is 9.81. The van der Waals surface area contributed by atoms with E-state index in [1.807, 2.05) is 6.07 Å². The highest BCUT2D eigenvalue weighted by atomic mass is 19.1. The maximum absolute atomic E-state index is 14.0. The molecule has 0 unspecified atom stereocenters. The molecule has 1 spiro atoms. The number of nitrogens with one attached hydrogen (secondary N) is 1. The molecular weight excluding hydrogens is 457 g/mol. The lowest BCUT2D eigenvalue weighted by Crippen LogP contribution is -2.56. The molecule has 1 aliphatic heterocycles. The van der Waals surface area contributed by atoms with Crippen LogP contribution in [-0.2, 0) is 10.3 Å². The maximum atomic E-state index is 14.0. The first-order chi connectivity index (χ1) is 17.3. The Hall–Kier alpha value is -3.00. The van der Waals surface area contributed by atoms with Gasteiger partial charge in [0.1, 0.15) is 6.54 Å². The van der Waals surface area contributed by atoms with Gasteiger partial charge in [-0.05, 0) is 76.2 Å². The SMILES string of the molecule is CN(C)[C@]1(c2ccccc2)CC[C@]2(CC1)CN(CC(=O)Nc1ncccc1F)C(=O)N2CC1CCC1. The van der Waals surface area contributed by atoms with Crippen LogP contribution >= 0.6 is 0 Å². The monoisotopic (exact) mass is 493 g/mol. The average molecular weight is 494 g/mol. The lowest BCUT2D eigenvalue weighted by molar-refractivity contribution is -0.116. The van der Waals surface area contributed by atoms with Crippen LogP contribution in [0.25, 0.3) is 0 Å². The van der Waals surface area contributed by atoms with E-state index in [4.69, 9.17) is 0 Å². The molecule has 192 valence electrons. The first-order valence-electron chi connectivity index (χ1n) is 13.0. The van der Waals surface area contributed by atoms with E-state index < -0.39 is 11.7 Å². The summed E-state index contributed by atoms with van der Waals surface area (Å²) < 4.78 is 14.0. The van der Waals surface area contributed by atoms with E-state index in [1.165, 1.54) is 30.3 Å². The van der Waals surface area contributed by atoms with Crippen LogP contribution in [0, 0.1) is 11.7 Å². The second-order valence-electron chi connectivity index (χ2n) is 10.9. The van der Waals surface area contributed by atoms with E-state index in [9.17, 15) is 14.0 Å². The van der Waals surface area contributed by atoms with Gasteiger partial charge in [-0.1, -0.05) is 36.8 Å². The number of hydrogen-bond acceptors (Lipinski definition) is 4. The fraction of sp³-hybridized carbons (Fsp3) is 0.536. The topological polar surface area (TPSA) is 68.8 Å². The van der Waals surface area contributed by atoms with Crippen molar-refractivity contribution in [3.8, 4) is 0 Å². The number of anilines is 1. The number of amides is 3. The minimum Gasteiger partial charge on any atom is -0.317 e. The highest BCUT2D eigenvalue weighted by molar-refractivity contribution is 5.94. The van der Waals surface area contributed by atoms with E-state index >= 15 is 0 Å². The van der Waals surface area contributed by atoms with E-state index in [0.717, 1.165) is 45.1 Å². The summed E-state index contributed by atoms with van der Waals surface area (Å²) in [6.45, 7) is 1.18. The summed E-state index contributed by atoms with van der Waals surface area (Å²) in [5.74, 6) is -0.581. The van der Waals surface area contributed by atoms with E-state index in [1.54, 1.807) is 4.90 Å². The van der Waals surface area contributed by atoms with Crippen molar-refractivity contribution in [2.45, 2.75) is 56.0 Å². The maximum Gasteiger partial charge on any atom is 0.321 e. The van der Waals surface area contributed by atoms with Crippen molar-refractivity contribution in [2.24, 2.45) is 5.92 Å². The van der Waals surface area contributed by atoms with Crippen molar-refractivity contribution < 1.29 is 14.0 Å². The minimum absolute atomic E-state index is 0.0704. The Balaban J connectivity index is 1.35. The summed E-state index contributed by atoms with van der Waals surface area (Å²) in [5.41, 5.74) is 0.963. The zero-order valence-electron chi connectivity index (χ0n) is 21.3. The minimum atomic E-state index is -0.588. The van der Waals surface area contributed by atoms with Crippen molar-refractivity contribution in [3.05, 3.63) is 60.0 Å². The molecule has 3 fully saturated rings. The van der Waals surface area contributed by atoms with Crippen LogP contribution in [0.15, 0.2) is 48.7 Å². The van der Waals surface area contributed by atoms with Crippen molar-refractivity contribution in [1.82, 2.24) is 19.7 Å². The van der Waals surface area contributed by atoms with Crippen LogP contribution in [0.5, 0.6) is 0 Å². The quantitative estimate of drug-likeness (QED) is 0.618. The van der Waals surface area contributed by atoms with Crippen molar-refractivity contribution in [3.63, 3.8) is 0 Å². The van der Waals surface area contributed by atoms with Gasteiger partial charge >= 0.3 is 6.03 Å². The number of halogens is 1. The molecule has 8 heteroatoms. The van der Waals surface area contributed by atoms with Gasteiger partial charge in [-0.3, -0.25) is 9.69 Å². The largest absolute Gasteiger partial charge is 0.321 e. The molecule has 5 rings (SSSR count). The summed E-state index contributed by atoms with van der Waals surface area (Å²) in [5, 5.41) is 2.53. The first-order valence-corrected chi connectivity index (χ1v) is 13.0. The van der Waals surface area contributed by atoms with E-state index in [-0.39, 0.29) is 29.5 Å². The van der Waals surface area contributed by atoms with Gasteiger partial charge in [0.25, 0.3) is 0 Å². The third kappa shape index (κ3) is 4.47. The van der Waals surface area contributed by atoms with Gasteiger partial charge in [0.05, 0.1) is 5.54 Å². The number of aromatic nitrogens is 1. The van der Waals surface area contributed by atoms with Gasteiger partial charge in [-0.15, -0.1) is 0 Å². The Morgan fingerprint density at radius 1 is 1.11 bits per heavy atom. The molecule has 1 aromatic carbocycles. The molecule has 0 atom stereocenters. The smallest absolute Gasteiger partial charge is 0.317 e. The van der Waals surface area contributed by atoms with Gasteiger partial charge in [0, 0.05) is 24.8 Å². The van der Waals surface area contributed by atoms with Gasteiger partial charge in [0.15, 0.2) is 11.6 Å². The molecule has 1 saturated heterocycles. The van der Waals surface area contributed by atoms with Crippen LogP contribution in [0.2, 0.25) is 0 Å². The molecule has 3 amide bonds. The highest BCUT2D eigenvalue weighted by Crippen LogP contribution is 2.49. The number of urea groups is 1. The molecular formula is C28H36FN5O2. The van der Waals surface area contributed by atoms with Crippen LogP contribution < -0.4 is 5.32 Å². The van der Waals surface area contributed by atoms with Crippen molar-refractivity contribution in [1.29, 1.82) is 0 Å². The highest BCUT2D eigenvalue weighted by Gasteiger charge is 2.55. The fourth-order valence-corrected chi connectivity index (χ4v) is 6.33. The number of carbonyl (C=O) groups is 2. The Kier molecular flexibility index (Phi) is 6.72. The lowest BCUT2D eigenvalue weighted by Gasteiger charge is -2.51.